The van der Waals surface area contributed by atoms with Crippen LogP contribution in [-0.2, 0) is 4.79 Å². The lowest BCUT2D eigenvalue weighted by Crippen LogP contribution is -2.22. The van der Waals surface area contributed by atoms with Crippen molar-refractivity contribution in [3.8, 4) is 11.5 Å². The summed E-state index contributed by atoms with van der Waals surface area (Å²) in [4.78, 5) is 26.6. The van der Waals surface area contributed by atoms with Gasteiger partial charge in [-0.3, -0.25) is 9.69 Å². The van der Waals surface area contributed by atoms with Crippen molar-refractivity contribution in [1.29, 1.82) is 0 Å². The van der Waals surface area contributed by atoms with Gasteiger partial charge in [0.25, 0.3) is 5.91 Å². The second-order valence-electron chi connectivity index (χ2n) is 6.03. The molecule has 0 aromatic heterocycles. The van der Waals surface area contributed by atoms with Gasteiger partial charge in [-0.1, -0.05) is 41.7 Å². The Labute approximate surface area is 180 Å². The summed E-state index contributed by atoms with van der Waals surface area (Å²) in [5, 5.41) is 0. The lowest BCUT2D eigenvalue weighted by atomic mass is 10.1. The number of aryl methyl sites for hydroxylation is 1. The van der Waals surface area contributed by atoms with Crippen LogP contribution in [0, 0.1) is 6.92 Å². The van der Waals surface area contributed by atoms with Gasteiger partial charge in [0.15, 0.2) is 11.5 Å². The number of thioether (sulfide) groups is 1. The van der Waals surface area contributed by atoms with Gasteiger partial charge in [0.05, 0.1) is 22.1 Å². The van der Waals surface area contributed by atoms with Crippen LogP contribution in [0.25, 0.3) is 6.08 Å². The average molecular weight is 478 g/mol. The van der Waals surface area contributed by atoms with Crippen LogP contribution in [0.15, 0.2) is 45.8 Å². The van der Waals surface area contributed by atoms with E-state index in [1.54, 1.807) is 37.4 Å². The second kappa shape index (κ2) is 8.46. The summed E-state index contributed by atoms with van der Waals surface area (Å²) in [6, 6.07) is 10.6. The van der Waals surface area contributed by atoms with E-state index in [0.717, 1.165) is 5.56 Å². The third-order valence-corrected chi connectivity index (χ3v) is 6.09. The van der Waals surface area contributed by atoms with Gasteiger partial charge in [0.1, 0.15) is 4.32 Å². The number of methoxy groups -OCH3 is 1. The van der Waals surface area contributed by atoms with Crippen LogP contribution in [0.3, 0.4) is 0 Å². The highest BCUT2D eigenvalue weighted by molar-refractivity contribution is 9.10. The standard InChI is InChI=1S/C20H16BrNO4S2/c1-11-4-6-13(7-5-11)19(24)26-17-14(21)8-12(9-15(17)25-3)10-16-18(23)22(2)20(27)28-16/h4-10H,1-3H3. The summed E-state index contributed by atoms with van der Waals surface area (Å²) in [7, 11) is 3.13. The molecule has 1 amide bonds. The summed E-state index contributed by atoms with van der Waals surface area (Å²) >= 11 is 9.81. The number of thiocarbonyl (C=S) groups is 1. The molecule has 1 fully saturated rings. The van der Waals surface area contributed by atoms with Crippen LogP contribution in [0.4, 0.5) is 0 Å². The molecule has 1 saturated heterocycles. The molecule has 0 aliphatic carbocycles. The number of ether oxygens (including phenoxy) is 2. The molecule has 0 N–H and O–H groups in total. The SMILES string of the molecule is COc1cc(C=C2SC(=S)N(C)C2=O)cc(Br)c1OC(=O)c1ccc(C)cc1. The number of benzene rings is 2. The molecule has 0 unspecified atom stereocenters. The number of amides is 1. The molecule has 1 aliphatic rings. The molecule has 0 spiro atoms. The largest absolute Gasteiger partial charge is 0.493 e. The summed E-state index contributed by atoms with van der Waals surface area (Å²) in [5.74, 6) is -0.0000943. The number of esters is 1. The second-order valence-corrected chi connectivity index (χ2v) is 8.56. The number of carbonyl (C=O) groups excluding carboxylic acids is 2. The van der Waals surface area contributed by atoms with Gasteiger partial charge in [-0.2, -0.15) is 0 Å². The van der Waals surface area contributed by atoms with Crippen molar-refractivity contribution in [1.82, 2.24) is 4.90 Å². The Bertz CT molecular complexity index is 1000. The normalized spacial score (nSPS) is 15.3. The maximum atomic E-state index is 12.4. The predicted molar refractivity (Wildman–Crippen MR) is 118 cm³/mol. The van der Waals surface area contributed by atoms with E-state index in [1.165, 1.54) is 23.8 Å². The highest BCUT2D eigenvalue weighted by Gasteiger charge is 2.29. The van der Waals surface area contributed by atoms with Crippen molar-refractivity contribution in [2.24, 2.45) is 0 Å². The number of likely N-dealkylation sites (N-methyl/N-ethyl adjacent to an activating group) is 1. The van der Waals surface area contributed by atoms with E-state index in [-0.39, 0.29) is 11.7 Å². The highest BCUT2D eigenvalue weighted by Crippen LogP contribution is 2.39. The van der Waals surface area contributed by atoms with E-state index in [2.05, 4.69) is 15.9 Å². The maximum Gasteiger partial charge on any atom is 0.343 e. The third-order valence-electron chi connectivity index (χ3n) is 4.02. The van der Waals surface area contributed by atoms with E-state index >= 15 is 0 Å². The quantitative estimate of drug-likeness (QED) is 0.272. The molecular weight excluding hydrogens is 462 g/mol. The van der Waals surface area contributed by atoms with Crippen LogP contribution in [0.2, 0.25) is 0 Å². The molecule has 8 heteroatoms. The minimum Gasteiger partial charge on any atom is -0.493 e. The lowest BCUT2D eigenvalue weighted by Gasteiger charge is -2.12. The van der Waals surface area contributed by atoms with E-state index in [4.69, 9.17) is 21.7 Å². The summed E-state index contributed by atoms with van der Waals surface area (Å²) in [6.45, 7) is 1.94. The lowest BCUT2D eigenvalue weighted by molar-refractivity contribution is -0.121. The zero-order chi connectivity index (χ0) is 20.4. The van der Waals surface area contributed by atoms with Crippen molar-refractivity contribution in [2.75, 3.05) is 14.2 Å². The Kier molecular flexibility index (Phi) is 6.22. The fourth-order valence-corrected chi connectivity index (χ4v) is 4.18. The van der Waals surface area contributed by atoms with E-state index in [1.807, 2.05) is 19.1 Å². The monoisotopic (exact) mass is 477 g/mol. The van der Waals surface area contributed by atoms with Crippen molar-refractivity contribution in [3.63, 3.8) is 0 Å². The van der Waals surface area contributed by atoms with Gasteiger partial charge in [-0.25, -0.2) is 4.79 Å². The van der Waals surface area contributed by atoms with Gasteiger partial charge in [-0.15, -0.1) is 0 Å². The van der Waals surface area contributed by atoms with Gasteiger partial charge in [0.2, 0.25) is 0 Å². The first-order chi connectivity index (χ1) is 13.3. The van der Waals surface area contributed by atoms with Gasteiger partial charge < -0.3 is 9.47 Å². The minimum atomic E-state index is -0.487. The van der Waals surface area contributed by atoms with Crippen LogP contribution in [0.5, 0.6) is 11.5 Å². The Morgan fingerprint density at radius 1 is 1.25 bits per heavy atom. The Morgan fingerprint density at radius 2 is 1.93 bits per heavy atom. The molecule has 1 heterocycles. The molecule has 144 valence electrons. The Hall–Kier alpha value is -2.16. The van der Waals surface area contributed by atoms with Crippen molar-refractivity contribution < 1.29 is 19.1 Å². The third kappa shape index (κ3) is 4.29. The molecule has 2 aromatic carbocycles. The molecule has 0 bridgehead atoms. The summed E-state index contributed by atoms with van der Waals surface area (Å²) in [5.41, 5.74) is 2.21. The molecular formula is C20H16BrNO4S2. The molecule has 0 atom stereocenters. The number of hydrogen-bond acceptors (Lipinski definition) is 6. The van der Waals surface area contributed by atoms with Gasteiger partial charge in [-0.05, 0) is 58.8 Å². The highest BCUT2D eigenvalue weighted by atomic mass is 79.9. The number of halogens is 1. The van der Waals surface area contributed by atoms with Gasteiger partial charge >= 0.3 is 5.97 Å². The van der Waals surface area contributed by atoms with Gasteiger partial charge in [0, 0.05) is 7.05 Å². The Morgan fingerprint density at radius 3 is 2.50 bits per heavy atom. The molecule has 3 rings (SSSR count). The first-order valence-corrected chi connectivity index (χ1v) is 10.2. The fraction of sp³-hybridized carbons (Fsp3) is 0.150. The fourth-order valence-electron chi connectivity index (χ4n) is 2.46. The molecule has 0 radical (unpaired) electrons. The topological polar surface area (TPSA) is 55.8 Å². The number of carbonyl (C=O) groups is 2. The molecule has 1 aliphatic heterocycles. The van der Waals surface area contributed by atoms with Crippen LogP contribution >= 0.6 is 39.9 Å². The minimum absolute atomic E-state index is 0.153. The molecule has 2 aromatic rings. The molecule has 5 nitrogen and oxygen atoms in total. The number of hydrogen-bond donors (Lipinski definition) is 0. The zero-order valence-corrected chi connectivity index (χ0v) is 18.5. The Balaban J connectivity index is 1.90. The first-order valence-electron chi connectivity index (χ1n) is 8.18. The first kappa shape index (κ1) is 20.6. The number of rotatable bonds is 4. The summed E-state index contributed by atoms with van der Waals surface area (Å²) < 4.78 is 12.0. The van der Waals surface area contributed by atoms with Crippen LogP contribution in [-0.4, -0.2) is 35.3 Å². The van der Waals surface area contributed by atoms with Crippen molar-refractivity contribution in [2.45, 2.75) is 6.92 Å². The van der Waals surface area contributed by atoms with Crippen LogP contribution in [0.1, 0.15) is 21.5 Å². The van der Waals surface area contributed by atoms with Crippen molar-refractivity contribution in [3.05, 3.63) is 62.5 Å². The van der Waals surface area contributed by atoms with E-state index < -0.39 is 5.97 Å². The zero-order valence-electron chi connectivity index (χ0n) is 15.3. The number of nitrogens with zero attached hydrogens (tertiary/aromatic N) is 1. The van der Waals surface area contributed by atoms with E-state index in [0.29, 0.717) is 30.6 Å². The predicted octanol–water partition coefficient (Wildman–Crippen LogP) is 4.82. The summed E-state index contributed by atoms with van der Waals surface area (Å²) in [6.07, 6.45) is 1.72. The van der Waals surface area contributed by atoms with E-state index in [9.17, 15) is 9.59 Å². The smallest absolute Gasteiger partial charge is 0.343 e. The molecule has 28 heavy (non-hydrogen) atoms. The van der Waals surface area contributed by atoms with Crippen LogP contribution < -0.4 is 9.47 Å². The average Bonchev–Trinajstić information content (AvgIpc) is 2.90. The molecule has 0 saturated carbocycles. The van der Waals surface area contributed by atoms with Crippen molar-refractivity contribution >= 4 is 62.2 Å². The maximum absolute atomic E-state index is 12.4.